The summed E-state index contributed by atoms with van der Waals surface area (Å²) < 4.78 is 0. The number of carbonyl (C=O) groups excluding carboxylic acids is 1. The van der Waals surface area contributed by atoms with Crippen molar-refractivity contribution in [2.75, 3.05) is 19.8 Å². The van der Waals surface area contributed by atoms with Crippen molar-refractivity contribution in [1.29, 1.82) is 0 Å². The Labute approximate surface area is 125 Å². The minimum atomic E-state index is -1.39. The minimum absolute atomic E-state index is 0.0983. The van der Waals surface area contributed by atoms with Gasteiger partial charge in [0.15, 0.2) is 0 Å². The third-order valence-corrected chi connectivity index (χ3v) is 3.95. The second-order valence-electron chi connectivity index (χ2n) is 5.52. The maximum atomic E-state index is 12.6. The molecular weight excluding hydrogens is 270 g/mol. The Morgan fingerprint density at radius 2 is 1.67 bits per heavy atom. The van der Waals surface area contributed by atoms with E-state index in [1.54, 1.807) is 0 Å². The molecule has 2 atom stereocenters. The molecule has 1 aromatic carbocycles. The van der Waals surface area contributed by atoms with Gasteiger partial charge in [0, 0.05) is 0 Å². The van der Waals surface area contributed by atoms with E-state index in [1.807, 2.05) is 44.2 Å². The Hall–Kier alpha value is -1.43. The van der Waals surface area contributed by atoms with E-state index < -0.39 is 25.4 Å². The molecule has 0 spiro atoms. The van der Waals surface area contributed by atoms with Crippen LogP contribution in [-0.2, 0) is 4.79 Å². The smallest absolute Gasteiger partial charge is 0.228 e. The summed E-state index contributed by atoms with van der Waals surface area (Å²) in [5.74, 6) is -0.589. The summed E-state index contributed by atoms with van der Waals surface area (Å²) in [6, 6.07) is 9.39. The fraction of sp³-hybridized carbons (Fsp3) is 0.562. The van der Waals surface area contributed by atoms with E-state index in [9.17, 15) is 20.1 Å². The summed E-state index contributed by atoms with van der Waals surface area (Å²) in [5, 5.41) is 30.6. The van der Waals surface area contributed by atoms with E-state index in [4.69, 9.17) is 0 Å². The average Bonchev–Trinajstić information content (AvgIpc) is 2.53. The number of nitrogens with one attached hydrogen (secondary N) is 1. The number of aliphatic hydroxyl groups is 3. The molecule has 118 valence electrons. The number of amides is 1. The van der Waals surface area contributed by atoms with Crippen molar-refractivity contribution >= 4 is 5.91 Å². The second-order valence-corrected chi connectivity index (χ2v) is 5.52. The highest BCUT2D eigenvalue weighted by Gasteiger charge is 2.34. The first-order valence-corrected chi connectivity index (χ1v) is 7.23. The van der Waals surface area contributed by atoms with Crippen LogP contribution in [0.3, 0.4) is 0 Å². The molecule has 5 nitrogen and oxygen atoms in total. The summed E-state index contributed by atoms with van der Waals surface area (Å²) in [4.78, 5) is 12.6. The molecule has 1 aromatic rings. The van der Waals surface area contributed by atoms with E-state index in [-0.39, 0.29) is 17.7 Å². The zero-order valence-corrected chi connectivity index (χ0v) is 12.6. The van der Waals surface area contributed by atoms with Gasteiger partial charge in [-0.3, -0.25) is 4.79 Å². The van der Waals surface area contributed by atoms with Crippen LogP contribution < -0.4 is 5.32 Å². The fourth-order valence-corrected chi connectivity index (χ4v) is 2.24. The van der Waals surface area contributed by atoms with Gasteiger partial charge in [0.1, 0.15) is 5.54 Å². The maximum absolute atomic E-state index is 12.6. The molecule has 0 heterocycles. The average molecular weight is 295 g/mol. The number of aliphatic hydroxyl groups excluding tert-OH is 3. The van der Waals surface area contributed by atoms with Crippen LogP contribution in [0.25, 0.3) is 0 Å². The van der Waals surface area contributed by atoms with E-state index in [2.05, 4.69) is 5.32 Å². The normalized spacial score (nSPS) is 14.5. The molecule has 21 heavy (non-hydrogen) atoms. The fourth-order valence-electron chi connectivity index (χ4n) is 2.24. The lowest BCUT2D eigenvalue weighted by Crippen LogP contribution is -2.58. The first-order valence-electron chi connectivity index (χ1n) is 7.23. The zero-order valence-electron chi connectivity index (χ0n) is 12.6. The Bertz CT molecular complexity index is 423. The summed E-state index contributed by atoms with van der Waals surface area (Å²) in [5.41, 5.74) is -0.510. The molecular formula is C16H25NO4. The van der Waals surface area contributed by atoms with Crippen molar-refractivity contribution in [1.82, 2.24) is 5.32 Å². The van der Waals surface area contributed by atoms with E-state index in [1.165, 1.54) is 0 Å². The third-order valence-electron chi connectivity index (χ3n) is 3.95. The first-order chi connectivity index (χ1) is 10.0. The van der Waals surface area contributed by atoms with Crippen molar-refractivity contribution in [3.63, 3.8) is 0 Å². The number of carbonyl (C=O) groups is 1. The van der Waals surface area contributed by atoms with Crippen LogP contribution in [0.5, 0.6) is 0 Å². The van der Waals surface area contributed by atoms with Crippen molar-refractivity contribution in [3.05, 3.63) is 35.9 Å². The largest absolute Gasteiger partial charge is 0.394 e. The van der Waals surface area contributed by atoms with Gasteiger partial charge in [0.25, 0.3) is 0 Å². The summed E-state index contributed by atoms with van der Waals surface area (Å²) in [6.07, 6.45) is 0.817. The lowest BCUT2D eigenvalue weighted by Gasteiger charge is -2.32. The highest BCUT2D eigenvalue weighted by atomic mass is 16.3. The van der Waals surface area contributed by atoms with Gasteiger partial charge < -0.3 is 20.6 Å². The van der Waals surface area contributed by atoms with Gasteiger partial charge in [-0.25, -0.2) is 0 Å². The van der Waals surface area contributed by atoms with Crippen LogP contribution in [0, 0.1) is 5.92 Å². The van der Waals surface area contributed by atoms with Crippen molar-refractivity contribution in [2.24, 2.45) is 5.92 Å². The summed E-state index contributed by atoms with van der Waals surface area (Å²) in [7, 11) is 0. The molecule has 4 N–H and O–H groups in total. The van der Waals surface area contributed by atoms with E-state index >= 15 is 0 Å². The molecule has 1 amide bonds. The van der Waals surface area contributed by atoms with E-state index in [0.717, 1.165) is 12.0 Å². The standard InChI is InChI=1S/C16H25NO4/c1-3-12(2)14(13-7-5-4-6-8-13)15(21)17-16(9-18,10-19)11-20/h4-8,12,14,18-20H,3,9-11H2,1-2H3,(H,17,21). The van der Waals surface area contributed by atoms with Crippen LogP contribution in [0.4, 0.5) is 0 Å². The molecule has 2 unspecified atom stereocenters. The molecule has 0 aromatic heterocycles. The Kier molecular flexibility index (Phi) is 6.81. The van der Waals surface area contributed by atoms with Crippen LogP contribution in [0.1, 0.15) is 31.7 Å². The molecule has 0 saturated carbocycles. The molecule has 0 bridgehead atoms. The summed E-state index contributed by atoms with van der Waals surface area (Å²) in [6.45, 7) is 2.43. The van der Waals surface area contributed by atoms with Crippen LogP contribution in [-0.4, -0.2) is 46.6 Å². The molecule has 0 saturated heterocycles. The van der Waals surface area contributed by atoms with Gasteiger partial charge in [-0.2, -0.15) is 0 Å². The number of hydrogen-bond donors (Lipinski definition) is 4. The van der Waals surface area contributed by atoms with Crippen LogP contribution >= 0.6 is 0 Å². The molecule has 0 fully saturated rings. The van der Waals surface area contributed by atoms with Gasteiger partial charge in [0.2, 0.25) is 5.91 Å². The first kappa shape index (κ1) is 17.6. The topological polar surface area (TPSA) is 89.8 Å². The van der Waals surface area contributed by atoms with Gasteiger partial charge in [-0.1, -0.05) is 50.6 Å². The lowest BCUT2D eigenvalue weighted by molar-refractivity contribution is -0.128. The molecule has 0 aliphatic rings. The minimum Gasteiger partial charge on any atom is -0.394 e. The zero-order chi connectivity index (χ0) is 15.9. The monoisotopic (exact) mass is 295 g/mol. The number of hydrogen-bond acceptors (Lipinski definition) is 4. The van der Waals surface area contributed by atoms with Crippen LogP contribution in [0.2, 0.25) is 0 Å². The Morgan fingerprint density at radius 3 is 2.10 bits per heavy atom. The van der Waals surface area contributed by atoms with Gasteiger partial charge >= 0.3 is 0 Å². The van der Waals surface area contributed by atoms with Crippen molar-refractivity contribution < 1.29 is 20.1 Å². The highest BCUT2D eigenvalue weighted by molar-refractivity contribution is 5.84. The predicted molar refractivity (Wildman–Crippen MR) is 80.8 cm³/mol. The second kappa shape index (κ2) is 8.12. The summed E-state index contributed by atoms with van der Waals surface area (Å²) >= 11 is 0. The quantitative estimate of drug-likeness (QED) is 0.567. The Morgan fingerprint density at radius 1 is 1.14 bits per heavy atom. The molecule has 0 radical (unpaired) electrons. The number of benzene rings is 1. The van der Waals surface area contributed by atoms with Crippen molar-refractivity contribution in [3.8, 4) is 0 Å². The lowest BCUT2D eigenvalue weighted by atomic mass is 9.84. The molecule has 5 heteroatoms. The molecule has 0 aliphatic carbocycles. The SMILES string of the molecule is CCC(C)C(C(=O)NC(CO)(CO)CO)c1ccccc1. The number of rotatable bonds is 8. The van der Waals surface area contributed by atoms with Gasteiger partial charge in [-0.05, 0) is 11.5 Å². The highest BCUT2D eigenvalue weighted by Crippen LogP contribution is 2.27. The van der Waals surface area contributed by atoms with Gasteiger partial charge in [-0.15, -0.1) is 0 Å². The predicted octanol–water partition coefficient (Wildman–Crippen LogP) is 0.648. The van der Waals surface area contributed by atoms with Crippen molar-refractivity contribution in [2.45, 2.75) is 31.7 Å². The maximum Gasteiger partial charge on any atom is 0.228 e. The molecule has 0 aliphatic heterocycles. The van der Waals surface area contributed by atoms with Crippen LogP contribution in [0.15, 0.2) is 30.3 Å². The van der Waals surface area contributed by atoms with Gasteiger partial charge in [0.05, 0.1) is 25.7 Å². The molecule has 1 rings (SSSR count). The Balaban J connectivity index is 3.02. The van der Waals surface area contributed by atoms with E-state index in [0.29, 0.717) is 0 Å². The third kappa shape index (κ3) is 4.27.